The van der Waals surface area contributed by atoms with Crippen LogP contribution in [-0.2, 0) is 9.47 Å². The molecule has 0 radical (unpaired) electrons. The Hall–Kier alpha value is -4.12. The average Bonchev–Trinajstić information content (AvgIpc) is 2.88. The standard InChI is InChI=1S/C26H28N2O9/c1-5-35-26(30)37-22-14-27(2)10-9-17(22)23-20(33-3)13-21(34-4)24-18(29)12-19(36-25(23)24)15-7-6-8-16(11-15)28(31)32/h6-8,11-13,17,22H,5,9-10,14H2,1-4H3/t17-,22+/m0/s1. The molecule has 37 heavy (non-hydrogen) atoms. The van der Waals surface area contributed by atoms with Crippen LogP contribution in [0.2, 0.25) is 0 Å². The molecule has 2 aromatic carbocycles. The van der Waals surface area contributed by atoms with Crippen molar-refractivity contribution in [2.75, 3.05) is 41.0 Å². The second kappa shape index (κ2) is 10.9. The van der Waals surface area contributed by atoms with Gasteiger partial charge in [-0.25, -0.2) is 4.79 Å². The van der Waals surface area contributed by atoms with Gasteiger partial charge in [0, 0.05) is 47.9 Å². The number of likely N-dealkylation sites (N-methyl/N-ethyl adjacent to an activating group) is 1. The first-order chi connectivity index (χ1) is 17.8. The molecule has 0 aliphatic carbocycles. The summed E-state index contributed by atoms with van der Waals surface area (Å²) in [6, 6.07) is 8.73. The molecule has 2 heterocycles. The molecule has 0 N–H and O–H groups in total. The first-order valence-electron chi connectivity index (χ1n) is 11.8. The second-order valence-electron chi connectivity index (χ2n) is 8.68. The topological polar surface area (TPSA) is 131 Å². The lowest BCUT2D eigenvalue weighted by Gasteiger charge is -2.36. The number of likely N-dealkylation sites (tertiary alicyclic amines) is 1. The number of ether oxygens (including phenoxy) is 4. The number of carbonyl (C=O) groups is 1. The molecule has 1 aromatic heterocycles. The highest BCUT2D eigenvalue weighted by Crippen LogP contribution is 2.44. The quantitative estimate of drug-likeness (QED) is 0.256. The van der Waals surface area contributed by atoms with Crippen molar-refractivity contribution in [1.82, 2.24) is 4.90 Å². The van der Waals surface area contributed by atoms with Crippen molar-refractivity contribution in [2.24, 2.45) is 0 Å². The second-order valence-corrected chi connectivity index (χ2v) is 8.68. The average molecular weight is 513 g/mol. The predicted molar refractivity (Wildman–Crippen MR) is 134 cm³/mol. The minimum atomic E-state index is -0.789. The van der Waals surface area contributed by atoms with E-state index in [4.69, 9.17) is 23.4 Å². The summed E-state index contributed by atoms with van der Waals surface area (Å²) in [5.74, 6) is 0.405. The van der Waals surface area contributed by atoms with Gasteiger partial charge in [-0.15, -0.1) is 0 Å². The zero-order valence-electron chi connectivity index (χ0n) is 21.0. The Labute approximate surface area is 212 Å². The highest BCUT2D eigenvalue weighted by atomic mass is 16.7. The van der Waals surface area contributed by atoms with Gasteiger partial charge >= 0.3 is 6.16 Å². The fraction of sp³-hybridized carbons (Fsp3) is 0.385. The molecule has 1 saturated heterocycles. The Kier molecular flexibility index (Phi) is 7.63. The van der Waals surface area contributed by atoms with E-state index in [1.807, 2.05) is 11.9 Å². The van der Waals surface area contributed by atoms with Crippen LogP contribution in [0, 0.1) is 10.1 Å². The van der Waals surface area contributed by atoms with Crippen LogP contribution in [0.3, 0.4) is 0 Å². The van der Waals surface area contributed by atoms with Gasteiger partial charge in [0.2, 0.25) is 0 Å². The summed E-state index contributed by atoms with van der Waals surface area (Å²) in [6.07, 6.45) is -0.832. The van der Waals surface area contributed by atoms with Gasteiger partial charge in [-0.2, -0.15) is 0 Å². The third kappa shape index (κ3) is 5.21. The first kappa shape index (κ1) is 26.0. The van der Waals surface area contributed by atoms with Crippen LogP contribution >= 0.6 is 0 Å². The van der Waals surface area contributed by atoms with Gasteiger partial charge < -0.3 is 28.3 Å². The number of fused-ring (bicyclic) bond motifs is 1. The summed E-state index contributed by atoms with van der Waals surface area (Å²) >= 11 is 0. The maximum Gasteiger partial charge on any atom is 0.508 e. The van der Waals surface area contributed by atoms with Crippen LogP contribution < -0.4 is 14.9 Å². The smallest absolute Gasteiger partial charge is 0.496 e. The molecule has 0 unspecified atom stereocenters. The summed E-state index contributed by atoms with van der Waals surface area (Å²) in [4.78, 5) is 38.5. The van der Waals surface area contributed by atoms with Gasteiger partial charge in [-0.1, -0.05) is 12.1 Å². The SMILES string of the molecule is CCOC(=O)O[C@@H]1CN(C)CC[C@@H]1c1c(OC)cc(OC)c2c(=O)cc(-c3cccc([N+](=O)[O-])c3)oc12. The van der Waals surface area contributed by atoms with E-state index in [0.717, 1.165) is 0 Å². The highest BCUT2D eigenvalue weighted by Gasteiger charge is 2.37. The molecule has 0 spiro atoms. The number of rotatable bonds is 7. The van der Waals surface area contributed by atoms with Crippen LogP contribution in [0.5, 0.6) is 11.5 Å². The molecule has 1 aliphatic heterocycles. The lowest BCUT2D eigenvalue weighted by atomic mass is 9.85. The van der Waals surface area contributed by atoms with Crippen molar-refractivity contribution >= 4 is 22.8 Å². The predicted octanol–water partition coefficient (Wildman–Crippen LogP) is 4.35. The Morgan fingerprint density at radius 1 is 1.19 bits per heavy atom. The number of nitro groups is 1. The van der Waals surface area contributed by atoms with Crippen LogP contribution in [0.1, 0.15) is 24.8 Å². The fourth-order valence-electron chi connectivity index (χ4n) is 4.69. The normalized spacial score (nSPS) is 17.8. The summed E-state index contributed by atoms with van der Waals surface area (Å²) in [6.45, 7) is 2.98. The molecule has 196 valence electrons. The molecule has 1 fully saturated rings. The van der Waals surface area contributed by atoms with E-state index in [9.17, 15) is 19.7 Å². The van der Waals surface area contributed by atoms with Crippen LogP contribution in [0.15, 0.2) is 45.6 Å². The molecule has 0 bridgehead atoms. The number of non-ortho nitro benzene ring substituents is 1. The van der Waals surface area contributed by atoms with E-state index in [-0.39, 0.29) is 40.2 Å². The Morgan fingerprint density at radius 3 is 2.62 bits per heavy atom. The molecule has 2 atom stereocenters. The summed E-state index contributed by atoms with van der Waals surface area (Å²) < 4.78 is 28.2. The zero-order valence-corrected chi connectivity index (χ0v) is 21.0. The van der Waals surface area contributed by atoms with Crippen LogP contribution in [0.25, 0.3) is 22.3 Å². The van der Waals surface area contributed by atoms with E-state index in [1.54, 1.807) is 19.1 Å². The maximum atomic E-state index is 13.4. The fourth-order valence-corrected chi connectivity index (χ4v) is 4.69. The molecule has 11 heteroatoms. The molecular weight excluding hydrogens is 484 g/mol. The maximum absolute atomic E-state index is 13.4. The number of hydrogen-bond acceptors (Lipinski definition) is 10. The summed E-state index contributed by atoms with van der Waals surface area (Å²) in [5.41, 5.74) is 0.590. The van der Waals surface area contributed by atoms with Crippen molar-refractivity contribution in [3.8, 4) is 22.8 Å². The van der Waals surface area contributed by atoms with Crippen molar-refractivity contribution in [3.63, 3.8) is 0 Å². The van der Waals surface area contributed by atoms with Crippen molar-refractivity contribution < 1.29 is 33.1 Å². The zero-order chi connectivity index (χ0) is 26.7. The Balaban J connectivity index is 1.96. The van der Waals surface area contributed by atoms with E-state index < -0.39 is 23.1 Å². The molecule has 4 rings (SSSR count). The van der Waals surface area contributed by atoms with Gasteiger partial charge in [0.1, 0.15) is 34.3 Å². The van der Waals surface area contributed by atoms with Crippen LogP contribution in [0.4, 0.5) is 10.5 Å². The number of benzene rings is 2. The minimum absolute atomic E-state index is 0.137. The van der Waals surface area contributed by atoms with E-state index >= 15 is 0 Å². The van der Waals surface area contributed by atoms with Crippen LogP contribution in [-0.4, -0.2) is 63.0 Å². The molecule has 11 nitrogen and oxygen atoms in total. The van der Waals surface area contributed by atoms with Crippen molar-refractivity contribution in [3.05, 3.63) is 62.3 Å². The third-order valence-corrected chi connectivity index (χ3v) is 6.39. The van der Waals surface area contributed by atoms with Crippen molar-refractivity contribution in [2.45, 2.75) is 25.4 Å². The summed E-state index contributed by atoms with van der Waals surface area (Å²) in [5, 5.41) is 11.5. The minimum Gasteiger partial charge on any atom is -0.496 e. The molecule has 0 amide bonds. The number of carbonyl (C=O) groups excluding carboxylic acids is 1. The van der Waals surface area contributed by atoms with Gasteiger partial charge in [0.05, 0.1) is 25.7 Å². The third-order valence-electron chi connectivity index (χ3n) is 6.39. The van der Waals surface area contributed by atoms with Gasteiger partial charge in [0.15, 0.2) is 5.43 Å². The highest BCUT2D eigenvalue weighted by molar-refractivity contribution is 5.90. The number of hydrogen-bond donors (Lipinski definition) is 0. The largest absolute Gasteiger partial charge is 0.508 e. The van der Waals surface area contributed by atoms with Crippen molar-refractivity contribution in [1.29, 1.82) is 0 Å². The Bertz CT molecular complexity index is 1380. The first-order valence-corrected chi connectivity index (χ1v) is 11.8. The number of nitro benzene ring substituents is 1. The number of methoxy groups -OCH3 is 2. The molecule has 0 saturated carbocycles. The summed E-state index contributed by atoms with van der Waals surface area (Å²) in [7, 11) is 4.84. The van der Waals surface area contributed by atoms with E-state index in [0.29, 0.717) is 36.4 Å². The Morgan fingerprint density at radius 2 is 1.95 bits per heavy atom. The molecular formula is C26H28N2O9. The van der Waals surface area contributed by atoms with Gasteiger partial charge in [0.25, 0.3) is 5.69 Å². The van der Waals surface area contributed by atoms with E-state index in [1.165, 1.54) is 38.5 Å². The number of nitrogens with zero attached hydrogens (tertiary/aromatic N) is 2. The lowest BCUT2D eigenvalue weighted by molar-refractivity contribution is -0.384. The number of piperidine rings is 1. The van der Waals surface area contributed by atoms with Gasteiger partial charge in [-0.3, -0.25) is 14.9 Å². The van der Waals surface area contributed by atoms with Gasteiger partial charge in [-0.05, 0) is 26.9 Å². The molecule has 3 aromatic rings. The lowest BCUT2D eigenvalue weighted by Crippen LogP contribution is -2.43. The van der Waals surface area contributed by atoms with E-state index in [2.05, 4.69) is 0 Å². The monoisotopic (exact) mass is 512 g/mol. The molecule has 1 aliphatic rings.